The predicted octanol–water partition coefficient (Wildman–Crippen LogP) is 4.58. The van der Waals surface area contributed by atoms with Crippen LogP contribution in [0.25, 0.3) is 0 Å². The van der Waals surface area contributed by atoms with E-state index in [9.17, 15) is 9.59 Å². The van der Waals surface area contributed by atoms with E-state index in [-0.39, 0.29) is 16.9 Å². The monoisotopic (exact) mass is 432 g/mol. The number of aromatic nitrogens is 2. The molecule has 1 atom stereocenters. The highest BCUT2D eigenvalue weighted by Gasteiger charge is 2.19. The van der Waals surface area contributed by atoms with Gasteiger partial charge in [0.2, 0.25) is 11.0 Å². The van der Waals surface area contributed by atoms with Gasteiger partial charge in [-0.15, -0.1) is 21.5 Å². The summed E-state index contributed by atoms with van der Waals surface area (Å²) in [5.41, 5.74) is 1.03. The molecule has 6 nitrogen and oxygen atoms in total. The molecule has 1 amide bonds. The van der Waals surface area contributed by atoms with Crippen LogP contribution in [0.5, 0.6) is 0 Å². The summed E-state index contributed by atoms with van der Waals surface area (Å²) in [5, 5.41) is 16.8. The lowest BCUT2D eigenvalue weighted by Gasteiger charge is -2.12. The number of hydrogen-bond acceptors (Lipinski definition) is 8. The minimum Gasteiger partial charge on any atom is -0.360 e. The number of thioether (sulfide) groups is 1. The van der Waals surface area contributed by atoms with Crippen LogP contribution >= 0.6 is 34.4 Å². The number of ketones is 1. The minimum absolute atomic E-state index is 0.0846. The molecule has 1 aromatic carbocycles. The second-order valence-corrected chi connectivity index (χ2v) is 9.58. The SMILES string of the molecule is CC(=O)c1ccccc1NC(=O)C(C)Sc1nnc(NCCc2cccs2)s1. The van der Waals surface area contributed by atoms with Crippen LogP contribution in [0.3, 0.4) is 0 Å². The van der Waals surface area contributed by atoms with Gasteiger partial charge in [0, 0.05) is 17.0 Å². The number of nitrogens with zero attached hydrogens (tertiary/aromatic N) is 2. The molecule has 0 bridgehead atoms. The molecule has 0 saturated carbocycles. The van der Waals surface area contributed by atoms with Crippen LogP contribution in [-0.2, 0) is 11.2 Å². The first-order valence-electron chi connectivity index (χ1n) is 8.70. The van der Waals surface area contributed by atoms with Crippen LogP contribution in [0.15, 0.2) is 46.1 Å². The lowest BCUT2D eigenvalue weighted by molar-refractivity contribution is -0.115. The maximum atomic E-state index is 12.5. The second kappa shape index (κ2) is 9.81. The summed E-state index contributed by atoms with van der Waals surface area (Å²) in [6.45, 7) is 4.08. The standard InChI is InChI=1S/C19H20N4O2S3/c1-12(24)15-7-3-4-8-16(15)21-17(25)13(2)27-19-23-22-18(28-19)20-10-9-14-6-5-11-26-14/h3-8,11,13H,9-10H2,1-2H3,(H,20,22)(H,21,25). The molecule has 2 N–H and O–H groups in total. The molecule has 9 heteroatoms. The molecule has 1 unspecified atom stereocenters. The van der Waals surface area contributed by atoms with Crippen LogP contribution in [-0.4, -0.2) is 33.7 Å². The van der Waals surface area contributed by atoms with Crippen molar-refractivity contribution in [2.75, 3.05) is 17.2 Å². The van der Waals surface area contributed by atoms with Gasteiger partial charge in [-0.2, -0.15) is 0 Å². The third-order valence-corrected chi connectivity index (χ3v) is 6.85. The van der Waals surface area contributed by atoms with Crippen molar-refractivity contribution in [3.8, 4) is 0 Å². The van der Waals surface area contributed by atoms with Crippen LogP contribution in [0, 0.1) is 0 Å². The summed E-state index contributed by atoms with van der Waals surface area (Å²) >= 11 is 4.51. The van der Waals surface area contributed by atoms with Crippen molar-refractivity contribution >= 4 is 56.9 Å². The Hall–Kier alpha value is -2.23. The number of para-hydroxylation sites is 1. The summed E-state index contributed by atoms with van der Waals surface area (Å²) in [7, 11) is 0. The van der Waals surface area contributed by atoms with Gasteiger partial charge in [-0.3, -0.25) is 9.59 Å². The van der Waals surface area contributed by atoms with Gasteiger partial charge < -0.3 is 10.6 Å². The zero-order valence-electron chi connectivity index (χ0n) is 15.5. The molecular formula is C19H20N4O2S3. The van der Waals surface area contributed by atoms with E-state index in [1.807, 2.05) is 13.0 Å². The van der Waals surface area contributed by atoms with Crippen molar-refractivity contribution in [1.82, 2.24) is 10.2 Å². The number of thiophene rings is 1. The first-order valence-corrected chi connectivity index (χ1v) is 11.3. The van der Waals surface area contributed by atoms with Gasteiger partial charge in [0.15, 0.2) is 10.1 Å². The smallest absolute Gasteiger partial charge is 0.237 e. The Bertz CT molecular complexity index is 940. The van der Waals surface area contributed by atoms with Crippen LogP contribution in [0.1, 0.15) is 29.1 Å². The fraction of sp³-hybridized carbons (Fsp3) is 0.263. The van der Waals surface area contributed by atoms with E-state index in [0.29, 0.717) is 11.3 Å². The van der Waals surface area contributed by atoms with Crippen molar-refractivity contribution < 1.29 is 9.59 Å². The van der Waals surface area contributed by atoms with E-state index < -0.39 is 0 Å². The quantitative estimate of drug-likeness (QED) is 0.380. The molecule has 0 fully saturated rings. The lowest BCUT2D eigenvalue weighted by atomic mass is 10.1. The zero-order chi connectivity index (χ0) is 19.9. The second-order valence-electron chi connectivity index (χ2n) is 5.98. The Balaban J connectivity index is 1.51. The number of benzene rings is 1. The van der Waals surface area contributed by atoms with Crippen LogP contribution in [0.2, 0.25) is 0 Å². The van der Waals surface area contributed by atoms with Gasteiger partial charge >= 0.3 is 0 Å². The Morgan fingerprint density at radius 2 is 2.00 bits per heavy atom. The van der Waals surface area contributed by atoms with E-state index in [0.717, 1.165) is 22.4 Å². The Morgan fingerprint density at radius 1 is 1.18 bits per heavy atom. The van der Waals surface area contributed by atoms with Gasteiger partial charge in [-0.1, -0.05) is 41.3 Å². The molecule has 0 aliphatic heterocycles. The summed E-state index contributed by atoms with van der Waals surface area (Å²) in [5.74, 6) is -0.264. The van der Waals surface area contributed by atoms with Gasteiger partial charge in [0.25, 0.3) is 0 Å². The topological polar surface area (TPSA) is 84.0 Å². The number of hydrogen-bond donors (Lipinski definition) is 2. The largest absolute Gasteiger partial charge is 0.360 e. The Kier molecular flexibility index (Phi) is 7.18. The summed E-state index contributed by atoms with van der Waals surface area (Å²) < 4.78 is 0.723. The molecule has 0 saturated heterocycles. The van der Waals surface area contributed by atoms with E-state index >= 15 is 0 Å². The molecule has 2 aromatic heterocycles. The molecule has 0 radical (unpaired) electrons. The first-order chi connectivity index (χ1) is 13.5. The van der Waals surface area contributed by atoms with Crippen molar-refractivity contribution in [2.45, 2.75) is 29.9 Å². The lowest BCUT2D eigenvalue weighted by Crippen LogP contribution is -2.23. The van der Waals surface area contributed by atoms with E-state index in [4.69, 9.17) is 0 Å². The fourth-order valence-electron chi connectivity index (χ4n) is 2.41. The number of anilines is 2. The van der Waals surface area contributed by atoms with Crippen LogP contribution < -0.4 is 10.6 Å². The normalized spacial score (nSPS) is 11.8. The van der Waals surface area contributed by atoms with Gasteiger partial charge in [0.05, 0.1) is 10.9 Å². The average Bonchev–Trinajstić information content (AvgIpc) is 3.34. The summed E-state index contributed by atoms with van der Waals surface area (Å²) in [4.78, 5) is 25.5. The Labute approximate surface area is 175 Å². The predicted molar refractivity (Wildman–Crippen MR) is 117 cm³/mol. The van der Waals surface area contributed by atoms with Crippen molar-refractivity contribution in [1.29, 1.82) is 0 Å². The van der Waals surface area contributed by atoms with Gasteiger partial charge in [-0.05, 0) is 43.8 Å². The third-order valence-electron chi connectivity index (χ3n) is 3.85. The number of Topliss-reactive ketones (excluding diaryl/α,β-unsaturated/α-hetero) is 1. The number of nitrogens with one attached hydrogen (secondary N) is 2. The highest BCUT2D eigenvalue weighted by Crippen LogP contribution is 2.29. The van der Waals surface area contributed by atoms with E-state index in [1.165, 1.54) is 34.9 Å². The minimum atomic E-state index is -0.369. The first kappa shape index (κ1) is 20.5. The highest BCUT2D eigenvalue weighted by atomic mass is 32.2. The van der Waals surface area contributed by atoms with Crippen LogP contribution in [0.4, 0.5) is 10.8 Å². The van der Waals surface area contributed by atoms with Gasteiger partial charge in [-0.25, -0.2) is 0 Å². The van der Waals surface area contributed by atoms with E-state index in [2.05, 4.69) is 32.3 Å². The molecular weight excluding hydrogens is 412 g/mol. The number of amides is 1. The van der Waals surface area contributed by atoms with Crippen molar-refractivity contribution in [3.05, 3.63) is 52.2 Å². The molecule has 3 rings (SSSR count). The molecule has 146 valence electrons. The maximum absolute atomic E-state index is 12.5. The molecule has 0 aliphatic carbocycles. The number of carbonyl (C=O) groups is 2. The average molecular weight is 433 g/mol. The third kappa shape index (κ3) is 5.63. The summed E-state index contributed by atoms with van der Waals surface area (Å²) in [6, 6.07) is 11.2. The van der Waals surface area contributed by atoms with Gasteiger partial charge in [0.1, 0.15) is 0 Å². The summed E-state index contributed by atoms with van der Waals surface area (Å²) in [6.07, 6.45) is 0.939. The maximum Gasteiger partial charge on any atom is 0.237 e. The molecule has 0 spiro atoms. The highest BCUT2D eigenvalue weighted by molar-refractivity contribution is 8.02. The Morgan fingerprint density at radius 3 is 2.75 bits per heavy atom. The number of carbonyl (C=O) groups excluding carboxylic acids is 2. The van der Waals surface area contributed by atoms with Crippen molar-refractivity contribution in [2.24, 2.45) is 0 Å². The fourth-order valence-corrected chi connectivity index (χ4v) is 5.05. The van der Waals surface area contributed by atoms with E-state index in [1.54, 1.807) is 35.6 Å². The van der Waals surface area contributed by atoms with Crippen molar-refractivity contribution in [3.63, 3.8) is 0 Å². The zero-order valence-corrected chi connectivity index (χ0v) is 17.9. The molecule has 2 heterocycles. The number of rotatable bonds is 9. The molecule has 3 aromatic rings. The molecule has 28 heavy (non-hydrogen) atoms. The molecule has 0 aliphatic rings.